The van der Waals surface area contributed by atoms with Gasteiger partial charge in [0.2, 0.25) is 0 Å². The monoisotopic (exact) mass is 716 g/mol. The Bertz CT molecular complexity index is 3230. The Labute approximate surface area is 323 Å². The van der Waals surface area contributed by atoms with Crippen molar-refractivity contribution in [3.8, 4) is 67.3 Å². The molecule has 3 heterocycles. The van der Waals surface area contributed by atoms with Crippen LogP contribution in [0.2, 0.25) is 0 Å². The van der Waals surface area contributed by atoms with Crippen LogP contribution in [0.15, 0.2) is 203 Å². The van der Waals surface area contributed by atoms with Gasteiger partial charge in [-0.3, -0.25) is 0 Å². The second-order valence-electron chi connectivity index (χ2n) is 14.1. The molecule has 56 heavy (non-hydrogen) atoms. The van der Waals surface area contributed by atoms with E-state index >= 15 is 0 Å². The fourth-order valence-electron chi connectivity index (χ4n) is 7.96. The van der Waals surface area contributed by atoms with Gasteiger partial charge in [0.15, 0.2) is 5.82 Å². The molecule has 0 radical (unpaired) electrons. The molecular weight excluding hydrogens is 685 g/mol. The summed E-state index contributed by atoms with van der Waals surface area (Å²) < 4.78 is 13.1. The molecule has 0 aliphatic heterocycles. The van der Waals surface area contributed by atoms with E-state index in [1.165, 1.54) is 11.1 Å². The van der Waals surface area contributed by atoms with E-state index in [1.807, 2.05) is 54.6 Å². The van der Waals surface area contributed by atoms with Gasteiger partial charge in [-0.05, 0) is 70.3 Å². The van der Waals surface area contributed by atoms with Crippen molar-refractivity contribution in [2.45, 2.75) is 0 Å². The number of para-hydroxylation sites is 4. The van der Waals surface area contributed by atoms with E-state index in [-0.39, 0.29) is 0 Å². The maximum Gasteiger partial charge on any atom is 0.160 e. The van der Waals surface area contributed by atoms with Crippen molar-refractivity contribution in [1.82, 2.24) is 9.97 Å². The van der Waals surface area contributed by atoms with Crippen molar-refractivity contribution in [2.75, 3.05) is 0 Å². The molecule has 0 aliphatic carbocycles. The highest BCUT2D eigenvalue weighted by molar-refractivity contribution is 6.11. The van der Waals surface area contributed by atoms with Crippen molar-refractivity contribution >= 4 is 43.9 Å². The topological polar surface area (TPSA) is 52.1 Å². The summed E-state index contributed by atoms with van der Waals surface area (Å²) in [6, 6.07) is 67.4. The highest BCUT2D eigenvalue weighted by atomic mass is 16.3. The van der Waals surface area contributed by atoms with Crippen LogP contribution in [0.5, 0.6) is 0 Å². The number of nitrogens with zero attached hydrogens (tertiary/aromatic N) is 2. The molecule has 262 valence electrons. The third kappa shape index (κ3) is 5.47. The van der Waals surface area contributed by atoms with Crippen LogP contribution in [0, 0.1) is 0 Å². The zero-order valence-corrected chi connectivity index (χ0v) is 30.2. The summed E-state index contributed by atoms with van der Waals surface area (Å²) in [7, 11) is 0. The molecule has 11 rings (SSSR count). The Morgan fingerprint density at radius 2 is 0.750 bits per heavy atom. The molecule has 0 saturated heterocycles. The molecule has 11 aromatic rings. The first-order valence-electron chi connectivity index (χ1n) is 18.8. The minimum Gasteiger partial charge on any atom is -0.455 e. The minimum atomic E-state index is 0.643. The molecule has 0 N–H and O–H groups in total. The lowest BCUT2D eigenvalue weighted by Crippen LogP contribution is -1.97. The average molecular weight is 717 g/mol. The molecule has 0 unspecified atom stereocenters. The summed E-state index contributed by atoms with van der Waals surface area (Å²) in [5.74, 6) is 0.643. The van der Waals surface area contributed by atoms with Crippen LogP contribution < -0.4 is 0 Å². The number of benzene rings is 8. The normalized spacial score (nSPS) is 11.6. The van der Waals surface area contributed by atoms with Crippen molar-refractivity contribution in [1.29, 1.82) is 0 Å². The average Bonchev–Trinajstić information content (AvgIpc) is 3.86. The van der Waals surface area contributed by atoms with Gasteiger partial charge in [-0.2, -0.15) is 0 Å². The van der Waals surface area contributed by atoms with Gasteiger partial charge in [-0.1, -0.05) is 152 Å². The first-order chi connectivity index (χ1) is 27.7. The summed E-state index contributed by atoms with van der Waals surface area (Å²) in [6.07, 6.45) is 0. The van der Waals surface area contributed by atoms with E-state index in [0.29, 0.717) is 5.82 Å². The maximum absolute atomic E-state index is 6.58. The number of hydrogen-bond acceptors (Lipinski definition) is 4. The van der Waals surface area contributed by atoms with E-state index < -0.39 is 0 Å². The summed E-state index contributed by atoms with van der Waals surface area (Å²) in [4.78, 5) is 10.5. The van der Waals surface area contributed by atoms with E-state index in [4.69, 9.17) is 18.8 Å². The van der Waals surface area contributed by atoms with Gasteiger partial charge in [0.1, 0.15) is 22.3 Å². The maximum atomic E-state index is 6.58. The van der Waals surface area contributed by atoms with Gasteiger partial charge in [-0.25, -0.2) is 9.97 Å². The van der Waals surface area contributed by atoms with E-state index in [2.05, 4.69) is 140 Å². The van der Waals surface area contributed by atoms with E-state index in [1.54, 1.807) is 0 Å². The SMILES string of the molecule is c1ccc(-c2ccc(-c3cc(-c4cc(-c5cccc6c5oc5ccccc56)nc(-c5ccccc5)n4)cc(-c4cccc5c4oc4ccccc45)c3)cc2)cc1. The molecule has 0 bridgehead atoms. The molecule has 3 aromatic heterocycles. The summed E-state index contributed by atoms with van der Waals surface area (Å²) >= 11 is 0. The standard InChI is InChI=1S/C52H32N2O2/c1-3-13-33(14-4-1)34-25-27-35(28-26-34)37-29-38(40-19-11-20-43-41-17-7-9-23-48(41)55-50(40)43)31-39(30-37)46-32-47(54-52(53-46)36-15-5-2-6-16-36)45-22-12-21-44-42-18-8-10-24-49(42)56-51(44)45/h1-32H. The Morgan fingerprint density at radius 3 is 1.41 bits per heavy atom. The Hall–Kier alpha value is -7.56. The number of hydrogen-bond donors (Lipinski definition) is 0. The van der Waals surface area contributed by atoms with Crippen LogP contribution >= 0.6 is 0 Å². The second-order valence-corrected chi connectivity index (χ2v) is 14.1. The molecule has 0 spiro atoms. The lowest BCUT2D eigenvalue weighted by atomic mass is 9.93. The Kier molecular flexibility index (Phi) is 7.46. The lowest BCUT2D eigenvalue weighted by Gasteiger charge is -2.14. The highest BCUT2D eigenvalue weighted by Crippen LogP contribution is 2.41. The summed E-state index contributed by atoms with van der Waals surface area (Å²) in [5, 5.41) is 4.33. The third-order valence-corrected chi connectivity index (χ3v) is 10.7. The predicted molar refractivity (Wildman–Crippen MR) is 229 cm³/mol. The van der Waals surface area contributed by atoms with Crippen LogP contribution in [-0.2, 0) is 0 Å². The highest BCUT2D eigenvalue weighted by Gasteiger charge is 2.19. The Balaban J connectivity index is 1.15. The fourth-order valence-corrected chi connectivity index (χ4v) is 7.96. The van der Waals surface area contributed by atoms with Gasteiger partial charge >= 0.3 is 0 Å². The number of aromatic nitrogens is 2. The molecule has 4 heteroatoms. The second kappa shape index (κ2) is 13.1. The number of furan rings is 2. The van der Waals surface area contributed by atoms with Crippen LogP contribution in [0.1, 0.15) is 0 Å². The largest absolute Gasteiger partial charge is 0.455 e. The number of fused-ring (bicyclic) bond motifs is 6. The lowest BCUT2D eigenvalue weighted by molar-refractivity contribution is 0.669. The van der Waals surface area contributed by atoms with Gasteiger partial charge < -0.3 is 8.83 Å². The molecule has 0 fully saturated rings. The zero-order chi connectivity index (χ0) is 37.0. The molecular formula is C52H32N2O2. The molecule has 0 atom stereocenters. The minimum absolute atomic E-state index is 0.643. The first-order valence-corrected chi connectivity index (χ1v) is 18.8. The third-order valence-electron chi connectivity index (χ3n) is 10.7. The zero-order valence-electron chi connectivity index (χ0n) is 30.2. The van der Waals surface area contributed by atoms with Crippen molar-refractivity contribution in [3.63, 3.8) is 0 Å². The van der Waals surface area contributed by atoms with Crippen molar-refractivity contribution in [3.05, 3.63) is 194 Å². The summed E-state index contributed by atoms with van der Waals surface area (Å²) in [6.45, 7) is 0. The molecule has 4 nitrogen and oxygen atoms in total. The van der Waals surface area contributed by atoms with Crippen LogP contribution in [0.25, 0.3) is 111 Å². The quantitative estimate of drug-likeness (QED) is 0.172. The molecule has 8 aromatic carbocycles. The molecule has 0 saturated carbocycles. The first kappa shape index (κ1) is 31.9. The van der Waals surface area contributed by atoms with Crippen LogP contribution in [0.3, 0.4) is 0 Å². The van der Waals surface area contributed by atoms with Gasteiger partial charge in [0, 0.05) is 43.8 Å². The summed E-state index contributed by atoms with van der Waals surface area (Å²) in [5.41, 5.74) is 14.4. The molecule has 0 amide bonds. The van der Waals surface area contributed by atoms with Crippen LogP contribution in [-0.4, -0.2) is 9.97 Å². The smallest absolute Gasteiger partial charge is 0.160 e. The van der Waals surface area contributed by atoms with Crippen molar-refractivity contribution in [2.24, 2.45) is 0 Å². The van der Waals surface area contributed by atoms with Gasteiger partial charge in [0.25, 0.3) is 0 Å². The van der Waals surface area contributed by atoms with Crippen LogP contribution in [0.4, 0.5) is 0 Å². The molecule has 0 aliphatic rings. The number of rotatable bonds is 6. The fraction of sp³-hybridized carbons (Fsp3) is 0. The van der Waals surface area contributed by atoms with Crippen molar-refractivity contribution < 1.29 is 8.83 Å². The Morgan fingerprint density at radius 1 is 0.286 bits per heavy atom. The van der Waals surface area contributed by atoms with E-state index in [9.17, 15) is 0 Å². The predicted octanol–water partition coefficient (Wildman–Crippen LogP) is 14.3. The van der Waals surface area contributed by atoms with Gasteiger partial charge in [-0.15, -0.1) is 0 Å². The van der Waals surface area contributed by atoms with E-state index in [0.717, 1.165) is 94.2 Å². The van der Waals surface area contributed by atoms with Gasteiger partial charge in [0.05, 0.1) is 11.4 Å².